The summed E-state index contributed by atoms with van der Waals surface area (Å²) in [6.45, 7) is 1.95. The topological polar surface area (TPSA) is 39.2 Å². The van der Waals surface area contributed by atoms with Crippen LogP contribution in [0, 0.1) is 0 Å². The Labute approximate surface area is 104 Å². The summed E-state index contributed by atoms with van der Waals surface area (Å²) >= 11 is 5.91. The molecule has 0 N–H and O–H groups in total. The minimum absolute atomic E-state index is 0.355. The molecule has 3 nitrogen and oxygen atoms in total. The molecule has 0 unspecified atom stereocenters. The summed E-state index contributed by atoms with van der Waals surface area (Å²) in [6.07, 6.45) is 0.673. The van der Waals surface area contributed by atoms with Crippen molar-refractivity contribution in [3.63, 3.8) is 0 Å². The number of ether oxygens (including phenoxy) is 1. The van der Waals surface area contributed by atoms with E-state index in [0.29, 0.717) is 17.0 Å². The van der Waals surface area contributed by atoms with Gasteiger partial charge in [-0.3, -0.25) is 4.98 Å². The molecule has 1 heterocycles. The first-order valence-corrected chi connectivity index (χ1v) is 5.71. The number of fused-ring (bicyclic) bond motifs is 1. The Kier molecular flexibility index (Phi) is 3.29. The number of aromatic nitrogens is 1. The Morgan fingerprint density at radius 3 is 2.82 bits per heavy atom. The van der Waals surface area contributed by atoms with Crippen molar-refractivity contribution in [1.29, 1.82) is 0 Å². The second-order valence-corrected chi connectivity index (χ2v) is 4.10. The third kappa shape index (κ3) is 2.24. The predicted octanol–water partition coefficient (Wildman–Crippen LogP) is 3.24. The monoisotopic (exact) mass is 249 g/mol. The number of carbonyl (C=O) groups is 1. The molecule has 1 aromatic carbocycles. The smallest absolute Gasteiger partial charge is 0.339 e. The number of halogens is 1. The first-order valence-electron chi connectivity index (χ1n) is 5.33. The van der Waals surface area contributed by atoms with Gasteiger partial charge in [-0.25, -0.2) is 4.79 Å². The number of hydrogen-bond donors (Lipinski definition) is 0. The van der Waals surface area contributed by atoms with E-state index >= 15 is 0 Å². The summed E-state index contributed by atoms with van der Waals surface area (Å²) in [5.41, 5.74) is 2.04. The van der Waals surface area contributed by atoms with Gasteiger partial charge in [0, 0.05) is 10.4 Å². The Morgan fingerprint density at radius 2 is 2.18 bits per heavy atom. The molecule has 0 spiro atoms. The number of aryl methyl sites for hydroxylation is 1. The Balaban J connectivity index is 2.68. The van der Waals surface area contributed by atoms with E-state index in [1.54, 1.807) is 18.2 Å². The summed E-state index contributed by atoms with van der Waals surface area (Å²) < 4.78 is 4.75. The third-order valence-electron chi connectivity index (χ3n) is 2.60. The number of carbonyl (C=O) groups excluding carboxylic acids is 1. The summed E-state index contributed by atoms with van der Waals surface area (Å²) in [4.78, 5) is 16.1. The summed E-state index contributed by atoms with van der Waals surface area (Å²) in [5, 5.41) is 1.52. The normalized spacial score (nSPS) is 10.5. The Morgan fingerprint density at radius 1 is 1.41 bits per heavy atom. The van der Waals surface area contributed by atoms with E-state index in [1.165, 1.54) is 7.11 Å². The van der Waals surface area contributed by atoms with Crippen LogP contribution in [-0.4, -0.2) is 18.1 Å². The fourth-order valence-corrected chi connectivity index (χ4v) is 1.90. The fourth-order valence-electron chi connectivity index (χ4n) is 1.74. The highest BCUT2D eigenvalue weighted by Crippen LogP contribution is 2.21. The van der Waals surface area contributed by atoms with Gasteiger partial charge in [0.1, 0.15) is 0 Å². The van der Waals surface area contributed by atoms with Crippen molar-refractivity contribution in [2.45, 2.75) is 13.3 Å². The van der Waals surface area contributed by atoms with Crippen LogP contribution in [0.15, 0.2) is 24.3 Å². The van der Waals surface area contributed by atoms with Crippen LogP contribution in [-0.2, 0) is 11.2 Å². The van der Waals surface area contributed by atoms with E-state index in [4.69, 9.17) is 16.3 Å². The fraction of sp³-hybridized carbons (Fsp3) is 0.231. The van der Waals surface area contributed by atoms with Crippen LogP contribution in [0.4, 0.5) is 0 Å². The molecule has 0 aliphatic heterocycles. The SMILES string of the molecule is CCc1nc2cc(Cl)ccc2cc1C(=O)OC. The molecule has 17 heavy (non-hydrogen) atoms. The van der Waals surface area contributed by atoms with E-state index in [9.17, 15) is 4.79 Å². The molecular weight excluding hydrogens is 238 g/mol. The second-order valence-electron chi connectivity index (χ2n) is 3.66. The molecule has 88 valence electrons. The zero-order valence-corrected chi connectivity index (χ0v) is 10.4. The molecule has 2 rings (SSSR count). The Bertz CT molecular complexity index is 581. The van der Waals surface area contributed by atoms with Crippen LogP contribution >= 0.6 is 11.6 Å². The Hall–Kier alpha value is -1.61. The molecule has 0 radical (unpaired) electrons. The van der Waals surface area contributed by atoms with Gasteiger partial charge in [-0.1, -0.05) is 24.6 Å². The lowest BCUT2D eigenvalue weighted by molar-refractivity contribution is 0.0599. The minimum Gasteiger partial charge on any atom is -0.465 e. The molecule has 0 aliphatic carbocycles. The maximum Gasteiger partial charge on any atom is 0.339 e. The lowest BCUT2D eigenvalue weighted by atomic mass is 10.1. The average Bonchev–Trinajstić information content (AvgIpc) is 2.36. The third-order valence-corrected chi connectivity index (χ3v) is 2.83. The number of hydrogen-bond acceptors (Lipinski definition) is 3. The van der Waals surface area contributed by atoms with Crippen LogP contribution in [0.25, 0.3) is 10.9 Å². The van der Waals surface area contributed by atoms with E-state index in [1.807, 2.05) is 13.0 Å². The molecular formula is C13H12ClNO2. The molecule has 0 saturated heterocycles. The summed E-state index contributed by atoms with van der Waals surface area (Å²) in [5.74, 6) is -0.355. The number of methoxy groups -OCH3 is 1. The standard InChI is InChI=1S/C13H12ClNO2/c1-3-11-10(13(16)17-2)6-8-4-5-9(14)7-12(8)15-11/h4-7H,3H2,1-2H3. The van der Waals surface area contributed by atoms with Crippen molar-refractivity contribution in [1.82, 2.24) is 4.98 Å². The lowest BCUT2D eigenvalue weighted by Gasteiger charge is -2.07. The highest BCUT2D eigenvalue weighted by molar-refractivity contribution is 6.31. The molecule has 0 aliphatic rings. The zero-order chi connectivity index (χ0) is 12.4. The number of benzene rings is 1. The van der Waals surface area contributed by atoms with Crippen molar-refractivity contribution < 1.29 is 9.53 Å². The zero-order valence-electron chi connectivity index (χ0n) is 9.66. The number of nitrogens with zero attached hydrogens (tertiary/aromatic N) is 1. The number of pyridine rings is 1. The van der Waals surface area contributed by atoms with Gasteiger partial charge in [-0.15, -0.1) is 0 Å². The largest absolute Gasteiger partial charge is 0.465 e. The van der Waals surface area contributed by atoms with Crippen LogP contribution in [0.3, 0.4) is 0 Å². The van der Waals surface area contributed by atoms with E-state index in [-0.39, 0.29) is 5.97 Å². The maximum absolute atomic E-state index is 11.6. The van der Waals surface area contributed by atoms with Gasteiger partial charge in [0.15, 0.2) is 0 Å². The van der Waals surface area contributed by atoms with Crippen LogP contribution in [0.2, 0.25) is 5.02 Å². The van der Waals surface area contributed by atoms with Crippen molar-refractivity contribution in [2.24, 2.45) is 0 Å². The first kappa shape index (κ1) is 11.9. The molecule has 2 aromatic rings. The van der Waals surface area contributed by atoms with Gasteiger partial charge >= 0.3 is 5.97 Å². The van der Waals surface area contributed by atoms with Crippen molar-refractivity contribution in [3.8, 4) is 0 Å². The molecule has 0 fully saturated rings. The van der Waals surface area contributed by atoms with Crippen molar-refractivity contribution >= 4 is 28.5 Å². The maximum atomic E-state index is 11.6. The molecule has 0 bridgehead atoms. The molecule has 0 amide bonds. The van der Waals surface area contributed by atoms with Gasteiger partial charge in [0.05, 0.1) is 23.9 Å². The molecule has 0 saturated carbocycles. The number of rotatable bonds is 2. The van der Waals surface area contributed by atoms with E-state index < -0.39 is 0 Å². The van der Waals surface area contributed by atoms with E-state index in [0.717, 1.165) is 16.6 Å². The molecule has 4 heteroatoms. The molecule has 1 aromatic heterocycles. The molecule has 0 atom stereocenters. The summed E-state index contributed by atoms with van der Waals surface area (Å²) in [6, 6.07) is 7.20. The van der Waals surface area contributed by atoms with E-state index in [2.05, 4.69) is 4.98 Å². The quantitative estimate of drug-likeness (QED) is 0.767. The van der Waals surface area contributed by atoms with Crippen LogP contribution < -0.4 is 0 Å². The predicted molar refractivity (Wildman–Crippen MR) is 67.5 cm³/mol. The second kappa shape index (κ2) is 4.72. The highest BCUT2D eigenvalue weighted by atomic mass is 35.5. The lowest BCUT2D eigenvalue weighted by Crippen LogP contribution is -2.07. The van der Waals surface area contributed by atoms with Gasteiger partial charge < -0.3 is 4.74 Å². The van der Waals surface area contributed by atoms with Crippen molar-refractivity contribution in [3.05, 3.63) is 40.5 Å². The van der Waals surface area contributed by atoms with Gasteiger partial charge in [-0.2, -0.15) is 0 Å². The summed E-state index contributed by atoms with van der Waals surface area (Å²) in [7, 11) is 1.37. The van der Waals surface area contributed by atoms with Crippen molar-refractivity contribution in [2.75, 3.05) is 7.11 Å². The van der Waals surface area contributed by atoms with Crippen LogP contribution in [0.5, 0.6) is 0 Å². The minimum atomic E-state index is -0.355. The van der Waals surface area contributed by atoms with Gasteiger partial charge in [-0.05, 0) is 24.6 Å². The average molecular weight is 250 g/mol. The van der Waals surface area contributed by atoms with Gasteiger partial charge in [0.2, 0.25) is 0 Å². The first-order chi connectivity index (χ1) is 8.15. The number of esters is 1. The van der Waals surface area contributed by atoms with Crippen LogP contribution in [0.1, 0.15) is 23.0 Å². The highest BCUT2D eigenvalue weighted by Gasteiger charge is 2.13. The van der Waals surface area contributed by atoms with Gasteiger partial charge in [0.25, 0.3) is 0 Å².